The van der Waals surface area contributed by atoms with Gasteiger partial charge in [0.25, 0.3) is 5.91 Å². The first kappa shape index (κ1) is 15.5. The Labute approximate surface area is 151 Å². The van der Waals surface area contributed by atoms with Crippen LogP contribution < -0.4 is 5.43 Å². The second-order valence-corrected chi connectivity index (χ2v) is 7.64. The van der Waals surface area contributed by atoms with Crippen molar-refractivity contribution in [2.45, 2.75) is 18.8 Å². The Bertz CT molecular complexity index is 933. The number of nitrogens with one attached hydrogen (secondary N) is 1. The van der Waals surface area contributed by atoms with Crippen molar-refractivity contribution in [1.29, 1.82) is 0 Å². The number of fused-ring (bicyclic) bond motifs is 1. The fraction of sp³-hybridized carbons (Fsp3) is 0.167. The van der Waals surface area contributed by atoms with E-state index < -0.39 is 0 Å². The number of benzene rings is 1. The van der Waals surface area contributed by atoms with Crippen LogP contribution in [0.25, 0.3) is 10.9 Å². The van der Waals surface area contributed by atoms with Gasteiger partial charge in [-0.05, 0) is 48.6 Å². The molecule has 1 aliphatic carbocycles. The average Bonchev–Trinajstić information content (AvgIpc) is 3.31. The van der Waals surface area contributed by atoms with Gasteiger partial charge in [-0.2, -0.15) is 5.10 Å². The van der Waals surface area contributed by atoms with Crippen LogP contribution >= 0.6 is 27.3 Å². The third-order valence-corrected chi connectivity index (χ3v) is 5.23. The third kappa shape index (κ3) is 3.25. The number of amides is 1. The number of halogens is 1. The monoisotopic (exact) mass is 399 g/mol. The Morgan fingerprint density at radius 3 is 2.96 bits per heavy atom. The van der Waals surface area contributed by atoms with E-state index in [2.05, 4.69) is 26.5 Å². The number of carbonyl (C=O) groups is 1. The molecule has 1 aromatic carbocycles. The van der Waals surface area contributed by atoms with Gasteiger partial charge in [0.1, 0.15) is 0 Å². The summed E-state index contributed by atoms with van der Waals surface area (Å²) in [6.45, 7) is 0. The molecule has 0 saturated heterocycles. The number of nitrogens with zero attached hydrogens (tertiary/aromatic N) is 2. The van der Waals surface area contributed by atoms with Gasteiger partial charge in [-0.1, -0.05) is 22.0 Å². The van der Waals surface area contributed by atoms with E-state index >= 15 is 0 Å². The first-order valence-electron chi connectivity index (χ1n) is 7.68. The zero-order valence-electron chi connectivity index (χ0n) is 12.7. The molecule has 0 atom stereocenters. The van der Waals surface area contributed by atoms with Crippen molar-refractivity contribution in [3.05, 3.63) is 62.4 Å². The Kier molecular flexibility index (Phi) is 4.16. The highest BCUT2D eigenvalue weighted by Gasteiger charge is 2.27. The zero-order chi connectivity index (χ0) is 16.5. The van der Waals surface area contributed by atoms with E-state index in [1.54, 1.807) is 17.6 Å². The van der Waals surface area contributed by atoms with E-state index in [0.29, 0.717) is 11.5 Å². The van der Waals surface area contributed by atoms with Gasteiger partial charge in [0.15, 0.2) is 0 Å². The first-order chi connectivity index (χ1) is 11.7. The van der Waals surface area contributed by atoms with Crippen LogP contribution in [0.1, 0.15) is 39.7 Å². The van der Waals surface area contributed by atoms with Gasteiger partial charge in [0.05, 0.1) is 17.3 Å². The van der Waals surface area contributed by atoms with E-state index in [4.69, 9.17) is 4.98 Å². The molecule has 2 heterocycles. The molecule has 120 valence electrons. The van der Waals surface area contributed by atoms with Gasteiger partial charge < -0.3 is 0 Å². The minimum absolute atomic E-state index is 0.213. The first-order valence-corrected chi connectivity index (χ1v) is 9.35. The molecule has 1 amide bonds. The number of thiophene rings is 1. The van der Waals surface area contributed by atoms with Crippen LogP contribution in [0.2, 0.25) is 0 Å². The largest absolute Gasteiger partial charge is 0.272 e. The lowest BCUT2D eigenvalue weighted by Crippen LogP contribution is -2.18. The fourth-order valence-electron chi connectivity index (χ4n) is 2.57. The summed E-state index contributed by atoms with van der Waals surface area (Å²) in [6.07, 6.45) is 3.95. The number of hydrogen-bond donors (Lipinski definition) is 1. The van der Waals surface area contributed by atoms with E-state index in [1.165, 1.54) is 0 Å². The Morgan fingerprint density at radius 2 is 2.21 bits per heavy atom. The number of pyridine rings is 1. The molecule has 1 aliphatic rings. The summed E-state index contributed by atoms with van der Waals surface area (Å²) >= 11 is 5.04. The summed E-state index contributed by atoms with van der Waals surface area (Å²) in [6, 6.07) is 11.6. The molecule has 24 heavy (non-hydrogen) atoms. The molecule has 2 aromatic heterocycles. The van der Waals surface area contributed by atoms with Crippen molar-refractivity contribution >= 4 is 50.3 Å². The van der Waals surface area contributed by atoms with Crippen LogP contribution in [0.4, 0.5) is 0 Å². The molecule has 0 unspecified atom stereocenters. The molecule has 0 radical (unpaired) electrons. The minimum atomic E-state index is -0.213. The van der Waals surface area contributed by atoms with Crippen molar-refractivity contribution in [2.75, 3.05) is 0 Å². The van der Waals surface area contributed by atoms with Crippen molar-refractivity contribution in [1.82, 2.24) is 10.4 Å². The van der Waals surface area contributed by atoms with E-state index in [1.807, 2.05) is 41.8 Å². The van der Waals surface area contributed by atoms with Gasteiger partial charge in [0.2, 0.25) is 0 Å². The second kappa shape index (κ2) is 6.45. The smallest absolute Gasteiger partial charge is 0.267 e. The SMILES string of the molecule is O=C(NN=Cc1cccs1)c1cc(C2CC2)nc2ccc(Br)cc12. The molecule has 3 aromatic rings. The summed E-state index contributed by atoms with van der Waals surface area (Å²) in [4.78, 5) is 18.3. The second-order valence-electron chi connectivity index (χ2n) is 5.74. The Morgan fingerprint density at radius 1 is 1.33 bits per heavy atom. The van der Waals surface area contributed by atoms with Crippen molar-refractivity contribution in [2.24, 2.45) is 5.10 Å². The molecule has 0 bridgehead atoms. The molecular formula is C18H14BrN3OS. The van der Waals surface area contributed by atoms with Crippen molar-refractivity contribution in [3.8, 4) is 0 Å². The third-order valence-electron chi connectivity index (χ3n) is 3.93. The van der Waals surface area contributed by atoms with Gasteiger partial charge in [0, 0.05) is 26.3 Å². The maximum atomic E-state index is 12.6. The maximum Gasteiger partial charge on any atom is 0.272 e. The van der Waals surface area contributed by atoms with E-state index in [9.17, 15) is 4.79 Å². The molecule has 0 aliphatic heterocycles. The van der Waals surface area contributed by atoms with Crippen LogP contribution in [0.15, 0.2) is 51.4 Å². The van der Waals surface area contributed by atoms with Gasteiger partial charge in [-0.15, -0.1) is 11.3 Å². The lowest BCUT2D eigenvalue weighted by Gasteiger charge is -2.08. The Hall–Kier alpha value is -2.05. The Balaban J connectivity index is 1.68. The van der Waals surface area contributed by atoms with Crippen LogP contribution in [-0.4, -0.2) is 17.1 Å². The molecule has 6 heteroatoms. The lowest BCUT2D eigenvalue weighted by atomic mass is 10.1. The van der Waals surface area contributed by atoms with E-state index in [0.717, 1.165) is 38.8 Å². The molecule has 1 fully saturated rings. The zero-order valence-corrected chi connectivity index (χ0v) is 15.1. The van der Waals surface area contributed by atoms with Gasteiger partial charge >= 0.3 is 0 Å². The van der Waals surface area contributed by atoms with Crippen LogP contribution in [0, 0.1) is 0 Å². The summed E-state index contributed by atoms with van der Waals surface area (Å²) in [7, 11) is 0. The normalized spacial score (nSPS) is 14.4. The van der Waals surface area contributed by atoms with Gasteiger partial charge in [-0.25, -0.2) is 5.43 Å². The number of hydrazone groups is 1. The van der Waals surface area contributed by atoms with Gasteiger partial charge in [-0.3, -0.25) is 9.78 Å². The molecule has 0 spiro atoms. The maximum absolute atomic E-state index is 12.6. The van der Waals surface area contributed by atoms with Crippen molar-refractivity contribution in [3.63, 3.8) is 0 Å². The number of hydrogen-bond acceptors (Lipinski definition) is 4. The van der Waals surface area contributed by atoms with E-state index in [-0.39, 0.29) is 5.91 Å². The van der Waals surface area contributed by atoms with Crippen molar-refractivity contribution < 1.29 is 4.79 Å². The summed E-state index contributed by atoms with van der Waals surface area (Å²) in [5, 5.41) is 6.87. The van der Waals surface area contributed by atoms with Crippen LogP contribution in [-0.2, 0) is 0 Å². The summed E-state index contributed by atoms with van der Waals surface area (Å²) in [5.41, 5.74) is 5.09. The fourth-order valence-corrected chi connectivity index (χ4v) is 3.52. The minimum Gasteiger partial charge on any atom is -0.267 e. The predicted octanol–water partition coefficient (Wildman–Crippen LogP) is 4.70. The summed E-state index contributed by atoms with van der Waals surface area (Å²) in [5.74, 6) is 0.273. The highest BCUT2D eigenvalue weighted by Crippen LogP contribution is 2.40. The molecular weight excluding hydrogens is 386 g/mol. The lowest BCUT2D eigenvalue weighted by molar-refractivity contribution is 0.0956. The molecule has 4 rings (SSSR count). The summed E-state index contributed by atoms with van der Waals surface area (Å²) < 4.78 is 0.923. The highest BCUT2D eigenvalue weighted by atomic mass is 79.9. The molecule has 1 N–H and O–H groups in total. The topological polar surface area (TPSA) is 54.4 Å². The average molecular weight is 400 g/mol. The molecule has 4 nitrogen and oxygen atoms in total. The number of carbonyl (C=O) groups excluding carboxylic acids is 1. The van der Waals surface area contributed by atoms with Crippen LogP contribution in [0.3, 0.4) is 0 Å². The standard InChI is InChI=1S/C18H14BrN3OS/c19-12-5-6-16-14(8-12)15(9-17(21-16)11-3-4-11)18(23)22-20-10-13-2-1-7-24-13/h1-2,5-11H,3-4H2,(H,22,23). The number of rotatable bonds is 4. The van der Waals surface area contributed by atoms with Crippen LogP contribution in [0.5, 0.6) is 0 Å². The molecule has 1 saturated carbocycles. The number of aromatic nitrogens is 1. The highest BCUT2D eigenvalue weighted by molar-refractivity contribution is 9.10. The quantitative estimate of drug-likeness (QED) is 0.510. The predicted molar refractivity (Wildman–Crippen MR) is 101 cm³/mol.